The van der Waals surface area contributed by atoms with Crippen LogP contribution in [0.3, 0.4) is 0 Å². The summed E-state index contributed by atoms with van der Waals surface area (Å²) in [5, 5.41) is 16.7. The molecular formula is C19H20FN7. The van der Waals surface area contributed by atoms with Crippen molar-refractivity contribution in [2.45, 2.75) is 32.2 Å². The molecule has 1 N–H and O–H groups in total. The summed E-state index contributed by atoms with van der Waals surface area (Å²) in [5.41, 5.74) is 1.82. The van der Waals surface area contributed by atoms with Crippen LogP contribution >= 0.6 is 0 Å². The summed E-state index contributed by atoms with van der Waals surface area (Å²) in [6, 6.07) is 8.75. The van der Waals surface area contributed by atoms with Crippen LogP contribution in [0.5, 0.6) is 0 Å². The number of nitriles is 1. The fraction of sp³-hybridized carbons (Fsp3) is 0.368. The van der Waals surface area contributed by atoms with E-state index in [1.807, 2.05) is 17.0 Å². The first-order valence-corrected chi connectivity index (χ1v) is 9.08. The molecule has 1 atom stereocenters. The zero-order valence-corrected chi connectivity index (χ0v) is 15.1. The fourth-order valence-corrected chi connectivity index (χ4v) is 3.50. The van der Waals surface area contributed by atoms with Crippen molar-refractivity contribution < 1.29 is 4.39 Å². The van der Waals surface area contributed by atoms with Gasteiger partial charge in [-0.2, -0.15) is 19.9 Å². The number of rotatable bonds is 4. The van der Waals surface area contributed by atoms with Gasteiger partial charge >= 0.3 is 0 Å². The molecule has 1 aliphatic rings. The summed E-state index contributed by atoms with van der Waals surface area (Å²) in [6.45, 7) is 3.51. The summed E-state index contributed by atoms with van der Waals surface area (Å²) in [5.74, 6) is 1.06. The molecular weight excluding hydrogens is 345 g/mol. The van der Waals surface area contributed by atoms with E-state index in [0.29, 0.717) is 23.6 Å². The lowest BCUT2D eigenvalue weighted by Crippen LogP contribution is -2.42. The van der Waals surface area contributed by atoms with Gasteiger partial charge in [0.1, 0.15) is 18.0 Å². The highest BCUT2D eigenvalue weighted by Gasteiger charge is 2.23. The molecule has 4 rings (SSSR count). The molecule has 27 heavy (non-hydrogen) atoms. The normalized spacial score (nSPS) is 17.1. The maximum Gasteiger partial charge on any atom is 0.254 e. The number of halogens is 1. The third kappa shape index (κ3) is 3.40. The second kappa shape index (κ2) is 7.19. The number of anilines is 2. The van der Waals surface area contributed by atoms with E-state index in [0.717, 1.165) is 37.3 Å². The molecule has 3 aromatic rings. The van der Waals surface area contributed by atoms with Crippen molar-refractivity contribution in [2.75, 3.05) is 23.3 Å². The summed E-state index contributed by atoms with van der Waals surface area (Å²) in [6.07, 6.45) is 4.23. The van der Waals surface area contributed by atoms with E-state index >= 15 is 0 Å². The van der Waals surface area contributed by atoms with Crippen LogP contribution in [0.1, 0.15) is 31.0 Å². The van der Waals surface area contributed by atoms with Crippen molar-refractivity contribution in [3.8, 4) is 6.07 Å². The Morgan fingerprint density at radius 3 is 3.04 bits per heavy atom. The molecule has 1 aliphatic heterocycles. The van der Waals surface area contributed by atoms with Gasteiger partial charge in [-0.1, -0.05) is 6.92 Å². The average Bonchev–Trinajstić information content (AvgIpc) is 3.17. The summed E-state index contributed by atoms with van der Waals surface area (Å²) < 4.78 is 16.1. The molecule has 2 aromatic heterocycles. The van der Waals surface area contributed by atoms with Gasteiger partial charge in [-0.15, -0.1) is 0 Å². The molecule has 8 heteroatoms. The van der Waals surface area contributed by atoms with E-state index in [-0.39, 0.29) is 11.9 Å². The predicted molar refractivity (Wildman–Crippen MR) is 100 cm³/mol. The number of aromatic nitrogens is 4. The van der Waals surface area contributed by atoms with Crippen molar-refractivity contribution in [1.82, 2.24) is 19.6 Å². The van der Waals surface area contributed by atoms with E-state index in [4.69, 9.17) is 5.26 Å². The van der Waals surface area contributed by atoms with Gasteiger partial charge < -0.3 is 10.2 Å². The molecule has 3 heterocycles. The molecule has 0 saturated carbocycles. The quantitative estimate of drug-likeness (QED) is 0.766. The third-order valence-corrected chi connectivity index (χ3v) is 4.86. The molecule has 0 bridgehead atoms. The number of fused-ring (bicyclic) bond motifs is 1. The number of benzene rings is 1. The number of aryl methyl sites for hydroxylation is 1. The summed E-state index contributed by atoms with van der Waals surface area (Å²) in [4.78, 5) is 10.7. The van der Waals surface area contributed by atoms with E-state index in [2.05, 4.69) is 27.3 Å². The van der Waals surface area contributed by atoms with Crippen LogP contribution in [0.15, 0.2) is 30.6 Å². The molecule has 0 amide bonds. The topological polar surface area (TPSA) is 82.1 Å². The fourth-order valence-electron chi connectivity index (χ4n) is 3.50. The molecule has 0 spiro atoms. The lowest BCUT2D eigenvalue weighted by atomic mass is 10.0. The lowest BCUT2D eigenvalue weighted by molar-refractivity contribution is 0.517. The second-order valence-electron chi connectivity index (χ2n) is 6.67. The molecule has 1 aromatic carbocycles. The Balaban J connectivity index is 1.56. The number of hydrogen-bond acceptors (Lipinski definition) is 6. The van der Waals surface area contributed by atoms with E-state index in [1.165, 1.54) is 12.4 Å². The van der Waals surface area contributed by atoms with Gasteiger partial charge in [0, 0.05) is 30.9 Å². The largest absolute Gasteiger partial charge is 0.367 e. The van der Waals surface area contributed by atoms with Gasteiger partial charge in [-0.05, 0) is 37.5 Å². The van der Waals surface area contributed by atoms with Crippen molar-refractivity contribution in [2.24, 2.45) is 0 Å². The predicted octanol–water partition coefficient (Wildman–Crippen LogP) is 2.78. The van der Waals surface area contributed by atoms with Gasteiger partial charge in [0.2, 0.25) is 0 Å². The van der Waals surface area contributed by atoms with Crippen LogP contribution in [0, 0.1) is 17.1 Å². The maximum atomic E-state index is 14.4. The molecule has 7 nitrogen and oxygen atoms in total. The zero-order valence-electron chi connectivity index (χ0n) is 15.1. The smallest absolute Gasteiger partial charge is 0.254 e. The van der Waals surface area contributed by atoms with Crippen LogP contribution < -0.4 is 10.2 Å². The standard InChI is InChI=1S/C19H20FN7/c1-2-14-9-18(27-19(25-14)22-12-23-27)24-15-4-3-7-26(11-15)17-6-5-13(10-21)8-16(17)20/h5-6,8-9,12,15,24H,2-4,7,11H2,1H3. The van der Waals surface area contributed by atoms with E-state index in [9.17, 15) is 4.39 Å². The van der Waals surface area contributed by atoms with Crippen LogP contribution in [-0.4, -0.2) is 38.7 Å². The first-order valence-electron chi connectivity index (χ1n) is 9.08. The third-order valence-electron chi connectivity index (χ3n) is 4.86. The van der Waals surface area contributed by atoms with Crippen molar-refractivity contribution in [1.29, 1.82) is 5.26 Å². The van der Waals surface area contributed by atoms with E-state index < -0.39 is 0 Å². The van der Waals surface area contributed by atoms with Crippen molar-refractivity contribution in [3.05, 3.63) is 47.7 Å². The SMILES string of the molecule is CCc1cc(NC2CCCN(c3ccc(C#N)cc3F)C2)n2ncnc2n1. The van der Waals surface area contributed by atoms with Gasteiger partial charge in [-0.25, -0.2) is 9.37 Å². The average molecular weight is 365 g/mol. The number of piperidine rings is 1. The van der Waals surface area contributed by atoms with Crippen LogP contribution in [-0.2, 0) is 6.42 Å². The molecule has 1 fully saturated rings. The number of nitrogens with zero attached hydrogens (tertiary/aromatic N) is 6. The summed E-state index contributed by atoms with van der Waals surface area (Å²) in [7, 11) is 0. The van der Waals surface area contributed by atoms with Gasteiger partial charge in [0.25, 0.3) is 5.78 Å². The monoisotopic (exact) mass is 365 g/mol. The van der Waals surface area contributed by atoms with Crippen LogP contribution in [0.2, 0.25) is 0 Å². The van der Waals surface area contributed by atoms with Crippen LogP contribution in [0.4, 0.5) is 15.9 Å². The molecule has 1 unspecified atom stereocenters. The molecule has 0 radical (unpaired) electrons. The molecule has 1 saturated heterocycles. The number of hydrogen-bond donors (Lipinski definition) is 1. The minimum Gasteiger partial charge on any atom is -0.367 e. The minimum absolute atomic E-state index is 0.147. The Hall–Kier alpha value is -3.21. The van der Waals surface area contributed by atoms with Gasteiger partial charge in [0.15, 0.2) is 0 Å². The van der Waals surface area contributed by atoms with Crippen LogP contribution in [0.25, 0.3) is 5.78 Å². The Labute approximate surface area is 156 Å². The van der Waals surface area contributed by atoms with Gasteiger partial charge in [-0.3, -0.25) is 0 Å². The highest BCUT2D eigenvalue weighted by atomic mass is 19.1. The van der Waals surface area contributed by atoms with E-state index in [1.54, 1.807) is 16.6 Å². The zero-order chi connectivity index (χ0) is 18.8. The first kappa shape index (κ1) is 17.2. The summed E-state index contributed by atoms with van der Waals surface area (Å²) >= 11 is 0. The second-order valence-corrected chi connectivity index (χ2v) is 6.67. The number of nitrogens with one attached hydrogen (secondary N) is 1. The molecule has 0 aliphatic carbocycles. The highest BCUT2D eigenvalue weighted by molar-refractivity contribution is 5.52. The Bertz CT molecular complexity index is 1010. The lowest BCUT2D eigenvalue weighted by Gasteiger charge is -2.35. The highest BCUT2D eigenvalue weighted by Crippen LogP contribution is 2.25. The van der Waals surface area contributed by atoms with Gasteiger partial charge in [0.05, 0.1) is 17.3 Å². The minimum atomic E-state index is -0.356. The molecule has 138 valence electrons. The Kier molecular flexibility index (Phi) is 4.59. The Morgan fingerprint density at radius 1 is 1.37 bits per heavy atom. The Morgan fingerprint density at radius 2 is 2.26 bits per heavy atom. The van der Waals surface area contributed by atoms with Crippen molar-refractivity contribution >= 4 is 17.3 Å². The first-order chi connectivity index (χ1) is 13.2. The maximum absolute atomic E-state index is 14.4. The van der Waals surface area contributed by atoms with Crippen molar-refractivity contribution in [3.63, 3.8) is 0 Å².